The van der Waals surface area contributed by atoms with Crippen LogP contribution in [0.4, 0.5) is 6.01 Å². The van der Waals surface area contributed by atoms with Crippen molar-refractivity contribution in [2.24, 2.45) is 5.92 Å². The van der Waals surface area contributed by atoms with Gasteiger partial charge in [0, 0.05) is 11.5 Å². The molecule has 0 radical (unpaired) electrons. The van der Waals surface area contributed by atoms with Gasteiger partial charge in [0.2, 0.25) is 0 Å². The van der Waals surface area contributed by atoms with E-state index >= 15 is 0 Å². The normalized spacial score (nSPS) is 25.1. The van der Waals surface area contributed by atoms with Crippen molar-refractivity contribution in [3.8, 4) is 0 Å². The fourth-order valence-corrected chi connectivity index (χ4v) is 2.60. The number of aromatic nitrogens is 2. The van der Waals surface area contributed by atoms with E-state index in [-0.39, 0.29) is 5.54 Å². The lowest BCUT2D eigenvalue weighted by Gasteiger charge is -2.25. The molecule has 0 unspecified atom stereocenters. The molecule has 1 aromatic rings. The number of rotatable bonds is 3. The van der Waals surface area contributed by atoms with Crippen LogP contribution in [0, 0.1) is 5.92 Å². The van der Waals surface area contributed by atoms with E-state index in [4.69, 9.17) is 4.52 Å². The van der Waals surface area contributed by atoms with Gasteiger partial charge in [-0.15, -0.1) is 0 Å². The predicted octanol–water partition coefficient (Wildman–Crippen LogP) is 3.96. The van der Waals surface area contributed by atoms with Crippen LogP contribution in [0.3, 0.4) is 0 Å². The van der Waals surface area contributed by atoms with Crippen molar-refractivity contribution >= 4 is 6.01 Å². The van der Waals surface area contributed by atoms with E-state index in [0.29, 0.717) is 11.9 Å². The molecular weight excluding hydrogens is 226 g/mol. The highest BCUT2D eigenvalue weighted by Crippen LogP contribution is 2.36. The summed E-state index contributed by atoms with van der Waals surface area (Å²) >= 11 is 0. The Kier molecular flexibility index (Phi) is 3.93. The van der Waals surface area contributed by atoms with Crippen LogP contribution in [0.15, 0.2) is 4.52 Å². The summed E-state index contributed by atoms with van der Waals surface area (Å²) in [6, 6.07) is 0.551. The Balaban J connectivity index is 1.94. The third-order valence-corrected chi connectivity index (χ3v) is 3.71. The van der Waals surface area contributed by atoms with Crippen molar-refractivity contribution in [2.75, 3.05) is 5.32 Å². The SMILES string of the molecule is CCC1CCC(c2noc(NC(C)(C)C)n2)CC1. The molecule has 1 N–H and O–H groups in total. The third-order valence-electron chi connectivity index (χ3n) is 3.71. The van der Waals surface area contributed by atoms with Crippen LogP contribution < -0.4 is 5.32 Å². The van der Waals surface area contributed by atoms with E-state index in [0.717, 1.165) is 11.7 Å². The number of hydrogen-bond donors (Lipinski definition) is 1. The molecule has 18 heavy (non-hydrogen) atoms. The van der Waals surface area contributed by atoms with Crippen LogP contribution in [0.25, 0.3) is 0 Å². The largest absolute Gasteiger partial charge is 0.333 e. The van der Waals surface area contributed by atoms with Crippen LogP contribution in [0.2, 0.25) is 0 Å². The minimum Gasteiger partial charge on any atom is -0.333 e. The van der Waals surface area contributed by atoms with Gasteiger partial charge in [-0.05, 0) is 52.4 Å². The molecule has 0 atom stereocenters. The average Bonchev–Trinajstić information content (AvgIpc) is 2.75. The first-order chi connectivity index (χ1) is 8.48. The topological polar surface area (TPSA) is 51.0 Å². The molecular formula is C14H25N3O. The minimum atomic E-state index is -0.0380. The summed E-state index contributed by atoms with van der Waals surface area (Å²) in [4.78, 5) is 4.48. The first-order valence-electron chi connectivity index (χ1n) is 7.09. The van der Waals surface area contributed by atoms with E-state index in [1.807, 2.05) is 0 Å². The molecule has 0 saturated heterocycles. The number of nitrogens with one attached hydrogen (secondary N) is 1. The highest BCUT2D eigenvalue weighted by Gasteiger charge is 2.25. The molecule has 0 aromatic carbocycles. The van der Waals surface area contributed by atoms with Gasteiger partial charge in [-0.2, -0.15) is 4.98 Å². The summed E-state index contributed by atoms with van der Waals surface area (Å²) < 4.78 is 5.27. The average molecular weight is 251 g/mol. The molecule has 102 valence electrons. The van der Waals surface area contributed by atoms with Crippen LogP contribution in [0.5, 0.6) is 0 Å². The summed E-state index contributed by atoms with van der Waals surface area (Å²) in [6.07, 6.45) is 6.31. The Morgan fingerprint density at radius 1 is 1.22 bits per heavy atom. The van der Waals surface area contributed by atoms with Gasteiger partial charge < -0.3 is 9.84 Å². The lowest BCUT2D eigenvalue weighted by atomic mass is 9.80. The summed E-state index contributed by atoms with van der Waals surface area (Å²) in [5, 5.41) is 7.35. The van der Waals surface area contributed by atoms with E-state index in [9.17, 15) is 0 Å². The predicted molar refractivity (Wildman–Crippen MR) is 72.7 cm³/mol. The molecule has 1 saturated carbocycles. The second kappa shape index (κ2) is 5.29. The van der Waals surface area contributed by atoms with Gasteiger partial charge in [-0.1, -0.05) is 18.5 Å². The van der Waals surface area contributed by atoms with Crippen LogP contribution in [0.1, 0.15) is 71.5 Å². The smallest absolute Gasteiger partial charge is 0.321 e. The second-order valence-corrected chi connectivity index (χ2v) is 6.46. The zero-order valence-corrected chi connectivity index (χ0v) is 12.0. The summed E-state index contributed by atoms with van der Waals surface area (Å²) in [6.45, 7) is 8.54. The van der Waals surface area contributed by atoms with Gasteiger partial charge >= 0.3 is 6.01 Å². The van der Waals surface area contributed by atoms with E-state index in [1.54, 1.807) is 0 Å². The Hall–Kier alpha value is -1.06. The van der Waals surface area contributed by atoms with Crippen LogP contribution >= 0.6 is 0 Å². The van der Waals surface area contributed by atoms with Gasteiger partial charge in [0.05, 0.1) is 0 Å². The van der Waals surface area contributed by atoms with Gasteiger partial charge in [0.15, 0.2) is 5.82 Å². The van der Waals surface area contributed by atoms with Gasteiger partial charge in [-0.3, -0.25) is 0 Å². The lowest BCUT2D eigenvalue weighted by molar-refractivity contribution is 0.305. The van der Waals surface area contributed by atoms with E-state index < -0.39 is 0 Å². The molecule has 2 rings (SSSR count). The first-order valence-corrected chi connectivity index (χ1v) is 7.09. The molecule has 1 aliphatic carbocycles. The zero-order valence-electron chi connectivity index (χ0n) is 12.0. The van der Waals surface area contributed by atoms with Crippen molar-refractivity contribution in [3.63, 3.8) is 0 Å². The monoisotopic (exact) mass is 251 g/mol. The summed E-state index contributed by atoms with van der Waals surface area (Å²) in [5.41, 5.74) is -0.0380. The van der Waals surface area contributed by atoms with Gasteiger partial charge in [-0.25, -0.2) is 0 Å². The molecule has 0 aliphatic heterocycles. The molecule has 1 heterocycles. The quantitative estimate of drug-likeness (QED) is 0.883. The number of nitrogens with zero attached hydrogens (tertiary/aromatic N) is 2. The summed E-state index contributed by atoms with van der Waals surface area (Å²) in [7, 11) is 0. The maximum Gasteiger partial charge on any atom is 0.321 e. The van der Waals surface area contributed by atoms with Crippen LogP contribution in [-0.4, -0.2) is 15.7 Å². The van der Waals surface area contributed by atoms with Crippen LogP contribution in [-0.2, 0) is 0 Å². The Morgan fingerprint density at radius 2 is 1.89 bits per heavy atom. The van der Waals surface area contributed by atoms with Crippen molar-refractivity contribution in [1.82, 2.24) is 10.1 Å². The Morgan fingerprint density at radius 3 is 2.44 bits per heavy atom. The van der Waals surface area contributed by atoms with Crippen molar-refractivity contribution < 1.29 is 4.52 Å². The molecule has 0 spiro atoms. The molecule has 1 aromatic heterocycles. The fraction of sp³-hybridized carbons (Fsp3) is 0.857. The molecule has 0 amide bonds. The molecule has 0 bridgehead atoms. The standard InChI is InChI=1S/C14H25N3O/c1-5-10-6-8-11(9-7-10)12-15-13(18-17-12)16-14(2,3)4/h10-11H,5-9H2,1-4H3,(H,15,16,17). The van der Waals surface area contributed by atoms with Gasteiger partial charge in [0.1, 0.15) is 0 Å². The Bertz CT molecular complexity index is 373. The Labute approximate surface area is 110 Å². The van der Waals surface area contributed by atoms with E-state index in [2.05, 4.69) is 43.2 Å². The van der Waals surface area contributed by atoms with Crippen molar-refractivity contribution in [2.45, 2.75) is 71.3 Å². The molecule has 1 aliphatic rings. The number of hydrogen-bond acceptors (Lipinski definition) is 4. The third kappa shape index (κ3) is 3.47. The maximum atomic E-state index is 5.27. The first kappa shape index (κ1) is 13.4. The highest BCUT2D eigenvalue weighted by molar-refractivity contribution is 5.23. The van der Waals surface area contributed by atoms with Crippen molar-refractivity contribution in [1.29, 1.82) is 0 Å². The number of anilines is 1. The molecule has 4 nitrogen and oxygen atoms in total. The molecule has 1 fully saturated rings. The molecule has 4 heteroatoms. The maximum absolute atomic E-state index is 5.27. The van der Waals surface area contributed by atoms with Crippen molar-refractivity contribution in [3.05, 3.63) is 5.82 Å². The minimum absolute atomic E-state index is 0.0380. The van der Waals surface area contributed by atoms with Gasteiger partial charge in [0.25, 0.3) is 0 Å². The lowest BCUT2D eigenvalue weighted by Crippen LogP contribution is -2.26. The summed E-state index contributed by atoms with van der Waals surface area (Å²) in [5.74, 6) is 2.28. The second-order valence-electron chi connectivity index (χ2n) is 6.46. The van der Waals surface area contributed by atoms with E-state index in [1.165, 1.54) is 32.1 Å². The zero-order chi connectivity index (χ0) is 13.2. The fourth-order valence-electron chi connectivity index (χ4n) is 2.60. The highest BCUT2D eigenvalue weighted by atomic mass is 16.5.